The van der Waals surface area contributed by atoms with Gasteiger partial charge in [-0.05, 0) is 17.2 Å². The first-order valence-corrected chi connectivity index (χ1v) is 11.8. The summed E-state index contributed by atoms with van der Waals surface area (Å²) in [6.45, 7) is 0.132. The van der Waals surface area contributed by atoms with E-state index in [1.165, 1.54) is 11.2 Å². The number of para-hydroxylation sites is 1. The normalized spacial score (nSPS) is 15.7. The molecule has 3 heterocycles. The van der Waals surface area contributed by atoms with Gasteiger partial charge in [0.1, 0.15) is 12.6 Å². The number of benzene rings is 2. The molecule has 0 fully saturated rings. The molecule has 4 aromatic rings. The maximum absolute atomic E-state index is 13.5. The largest absolute Gasteiger partial charge is 0.445 e. The highest BCUT2D eigenvalue weighted by Crippen LogP contribution is 2.31. The van der Waals surface area contributed by atoms with E-state index < -0.39 is 30.0 Å². The number of H-pyrrole nitrogens is 2. The number of imide groups is 1. The number of aromatic nitrogens is 3. The third-order valence-electron chi connectivity index (χ3n) is 6.52. The predicted octanol–water partition coefficient (Wildman–Crippen LogP) is 1.75. The highest BCUT2D eigenvalue weighted by molar-refractivity contribution is 6.01. The number of amides is 3. The van der Waals surface area contributed by atoms with Crippen molar-refractivity contribution in [3.63, 3.8) is 0 Å². The van der Waals surface area contributed by atoms with Crippen LogP contribution < -0.4 is 11.6 Å². The molecule has 1 aliphatic heterocycles. The number of rotatable bonds is 6. The summed E-state index contributed by atoms with van der Waals surface area (Å²) in [7, 11) is 0. The summed E-state index contributed by atoms with van der Waals surface area (Å²) in [6.07, 6.45) is 2.61. The average Bonchev–Trinajstić information content (AvgIpc) is 3.57. The van der Waals surface area contributed by atoms with Gasteiger partial charge >= 0.3 is 6.09 Å². The zero-order chi connectivity index (χ0) is 25.9. The zero-order valence-electron chi connectivity index (χ0n) is 20.0. The average molecular weight is 502 g/mol. The maximum Gasteiger partial charge on any atom is 0.411 e. The lowest BCUT2D eigenvalue weighted by molar-refractivity contribution is -0.149. The molecule has 1 unspecified atom stereocenters. The molecular weight excluding hydrogens is 474 g/mol. The van der Waals surface area contributed by atoms with Crippen molar-refractivity contribution in [3.05, 3.63) is 89.6 Å². The third-order valence-corrected chi connectivity index (χ3v) is 6.52. The molecule has 6 N–H and O–H groups in total. The van der Waals surface area contributed by atoms with Crippen LogP contribution in [0.5, 0.6) is 0 Å². The smallest absolute Gasteiger partial charge is 0.411 e. The van der Waals surface area contributed by atoms with Crippen molar-refractivity contribution in [2.75, 3.05) is 0 Å². The third kappa shape index (κ3) is 4.95. The number of hydrazine groups is 1. The Kier molecular flexibility index (Phi) is 6.71. The van der Waals surface area contributed by atoms with Crippen LogP contribution in [0.1, 0.15) is 22.5 Å². The number of imidazole rings is 1. The van der Waals surface area contributed by atoms with Crippen molar-refractivity contribution in [2.45, 2.75) is 38.1 Å². The summed E-state index contributed by atoms with van der Waals surface area (Å²) in [5.74, 6) is 4.50. The number of hydrogen-bond acceptors (Lipinski definition) is 7. The van der Waals surface area contributed by atoms with E-state index in [1.807, 2.05) is 54.6 Å². The highest BCUT2D eigenvalue weighted by Gasteiger charge is 2.41. The van der Waals surface area contributed by atoms with Gasteiger partial charge in [0.15, 0.2) is 0 Å². The van der Waals surface area contributed by atoms with Crippen LogP contribution in [-0.2, 0) is 40.3 Å². The number of aromatic amines is 2. The Morgan fingerprint density at radius 3 is 2.65 bits per heavy atom. The van der Waals surface area contributed by atoms with Crippen LogP contribution in [0.3, 0.4) is 0 Å². The molecule has 11 nitrogen and oxygen atoms in total. The van der Waals surface area contributed by atoms with E-state index >= 15 is 0 Å². The van der Waals surface area contributed by atoms with Crippen LogP contribution in [0.4, 0.5) is 4.79 Å². The molecule has 1 aliphatic rings. The maximum atomic E-state index is 13.5. The second-order valence-electron chi connectivity index (χ2n) is 8.95. The highest BCUT2D eigenvalue weighted by atomic mass is 16.6. The molecule has 190 valence electrons. The van der Waals surface area contributed by atoms with E-state index in [0.717, 1.165) is 27.7 Å². The minimum Gasteiger partial charge on any atom is -0.445 e. The van der Waals surface area contributed by atoms with E-state index in [0.29, 0.717) is 10.7 Å². The Labute approximate surface area is 212 Å². The lowest BCUT2D eigenvalue weighted by Crippen LogP contribution is -2.59. The minimum absolute atomic E-state index is 0.0387. The molecule has 2 atom stereocenters. The van der Waals surface area contributed by atoms with E-state index in [9.17, 15) is 14.4 Å². The molecule has 2 aromatic carbocycles. The Bertz CT molecular complexity index is 1420. The fourth-order valence-corrected chi connectivity index (χ4v) is 4.59. The molecule has 5 rings (SSSR count). The van der Waals surface area contributed by atoms with E-state index in [2.05, 4.69) is 15.0 Å². The summed E-state index contributed by atoms with van der Waals surface area (Å²) in [5.41, 5.74) is 10.1. The lowest BCUT2D eigenvalue weighted by Gasteiger charge is -2.35. The molecule has 3 amide bonds. The molecule has 2 aromatic heterocycles. The van der Waals surface area contributed by atoms with Crippen LogP contribution >= 0.6 is 0 Å². The first-order valence-electron chi connectivity index (χ1n) is 11.8. The molecule has 11 heteroatoms. The van der Waals surface area contributed by atoms with Crippen molar-refractivity contribution in [2.24, 2.45) is 11.6 Å². The Morgan fingerprint density at radius 2 is 1.89 bits per heavy atom. The topological polar surface area (TPSA) is 163 Å². The fraction of sp³-hybridized carbons (Fsp3) is 0.231. The molecular formula is C26H27N7O4. The Morgan fingerprint density at radius 1 is 1.14 bits per heavy atom. The molecule has 37 heavy (non-hydrogen) atoms. The van der Waals surface area contributed by atoms with Gasteiger partial charge in [-0.25, -0.2) is 20.6 Å². The van der Waals surface area contributed by atoms with E-state index in [-0.39, 0.29) is 26.0 Å². The second-order valence-corrected chi connectivity index (χ2v) is 8.95. The molecule has 0 aliphatic carbocycles. The lowest BCUT2D eigenvalue weighted by atomic mass is 9.96. The Hall–Kier alpha value is -4.48. The van der Waals surface area contributed by atoms with E-state index in [4.69, 9.17) is 16.3 Å². The predicted molar refractivity (Wildman–Crippen MR) is 134 cm³/mol. The summed E-state index contributed by atoms with van der Waals surface area (Å²) < 4.78 is 5.54. The fourth-order valence-electron chi connectivity index (χ4n) is 4.59. The van der Waals surface area contributed by atoms with Crippen LogP contribution in [0.2, 0.25) is 0 Å². The van der Waals surface area contributed by atoms with Crippen molar-refractivity contribution in [3.8, 4) is 0 Å². The van der Waals surface area contributed by atoms with Gasteiger partial charge in [0, 0.05) is 41.3 Å². The standard InChI is InChI=1S/C26H27N7O4/c27-20(10-17-12-29-15-30-17)24(34)33(28)25(35)23-11-19-18-8-4-5-9-21(18)31-22(19)13-32(23)26(36)37-14-16-6-2-1-3-7-16/h1-9,12,15,20,23,31H,10-11,13-14,27-28H2,(H,29,30)/t20-,23?/m0/s1. The van der Waals surface area contributed by atoms with Gasteiger partial charge < -0.3 is 20.4 Å². The number of ether oxygens (including phenoxy) is 1. The second kappa shape index (κ2) is 10.2. The summed E-state index contributed by atoms with van der Waals surface area (Å²) in [4.78, 5) is 51.1. The number of carbonyl (C=O) groups excluding carboxylic acids is 3. The monoisotopic (exact) mass is 501 g/mol. The van der Waals surface area contributed by atoms with Gasteiger partial charge in [0.2, 0.25) is 0 Å². The number of fused-ring (bicyclic) bond motifs is 3. The van der Waals surface area contributed by atoms with Crippen LogP contribution in [-0.4, -0.2) is 54.9 Å². The van der Waals surface area contributed by atoms with Gasteiger partial charge in [-0.2, -0.15) is 0 Å². The quantitative estimate of drug-likeness (QED) is 0.178. The number of nitrogens with one attached hydrogen (secondary N) is 2. The molecule has 0 bridgehead atoms. The first kappa shape index (κ1) is 24.2. The number of nitrogens with two attached hydrogens (primary N) is 2. The first-order chi connectivity index (χ1) is 17.9. The molecule has 0 spiro atoms. The Balaban J connectivity index is 1.39. The van der Waals surface area contributed by atoms with Crippen LogP contribution in [0.15, 0.2) is 67.1 Å². The van der Waals surface area contributed by atoms with E-state index in [1.54, 1.807) is 6.20 Å². The SMILES string of the molecule is N[C@@H](Cc1cnc[nH]1)C(=O)N(N)C(=O)C1Cc2c([nH]c3ccccc23)CN1C(=O)OCc1ccccc1. The van der Waals surface area contributed by atoms with Crippen LogP contribution in [0, 0.1) is 0 Å². The van der Waals surface area contributed by atoms with Gasteiger partial charge in [0.25, 0.3) is 11.8 Å². The van der Waals surface area contributed by atoms with Gasteiger partial charge in [0.05, 0.1) is 18.9 Å². The minimum atomic E-state index is -1.07. The molecule has 0 radical (unpaired) electrons. The number of nitrogens with zero attached hydrogens (tertiary/aromatic N) is 3. The van der Waals surface area contributed by atoms with Gasteiger partial charge in [-0.3, -0.25) is 14.5 Å². The molecule has 0 saturated heterocycles. The molecule has 0 saturated carbocycles. The van der Waals surface area contributed by atoms with Gasteiger partial charge in [-0.1, -0.05) is 48.5 Å². The zero-order valence-corrected chi connectivity index (χ0v) is 20.0. The van der Waals surface area contributed by atoms with Crippen LogP contribution in [0.25, 0.3) is 10.9 Å². The van der Waals surface area contributed by atoms with Crippen molar-refractivity contribution < 1.29 is 19.1 Å². The number of carbonyl (C=O) groups is 3. The number of hydrogen-bond donors (Lipinski definition) is 4. The summed E-state index contributed by atoms with van der Waals surface area (Å²) in [6, 6.07) is 14.8. The van der Waals surface area contributed by atoms with Crippen molar-refractivity contribution in [1.29, 1.82) is 0 Å². The van der Waals surface area contributed by atoms with Gasteiger partial charge in [-0.15, -0.1) is 0 Å². The summed E-state index contributed by atoms with van der Waals surface area (Å²) >= 11 is 0. The van der Waals surface area contributed by atoms with Crippen molar-refractivity contribution in [1.82, 2.24) is 24.9 Å². The summed E-state index contributed by atoms with van der Waals surface area (Å²) in [5, 5.41) is 1.46. The van der Waals surface area contributed by atoms with Crippen molar-refractivity contribution >= 4 is 28.8 Å².